The summed E-state index contributed by atoms with van der Waals surface area (Å²) in [7, 11) is -2.11. The van der Waals surface area contributed by atoms with Gasteiger partial charge in [0.1, 0.15) is 18.7 Å². The Kier molecular flexibility index (Phi) is 8.13. The van der Waals surface area contributed by atoms with E-state index in [2.05, 4.69) is 61.1 Å². The van der Waals surface area contributed by atoms with Gasteiger partial charge in [0, 0.05) is 12.0 Å². The minimum atomic E-state index is -2.11. The van der Waals surface area contributed by atoms with Crippen LogP contribution in [0.15, 0.2) is 43.0 Å². The third kappa shape index (κ3) is 5.92. The van der Waals surface area contributed by atoms with Crippen LogP contribution in [-0.4, -0.2) is 57.2 Å². The maximum absolute atomic E-state index is 12.7. The van der Waals surface area contributed by atoms with Gasteiger partial charge >= 0.3 is 0 Å². The summed E-state index contributed by atoms with van der Waals surface area (Å²) in [6.45, 7) is 13.2. The molecule has 1 amide bonds. The molecule has 1 fully saturated rings. The molecule has 1 aliphatic heterocycles. The van der Waals surface area contributed by atoms with Crippen LogP contribution < -0.4 is 5.32 Å². The number of hydrogen-bond donors (Lipinski definition) is 2. The second kappa shape index (κ2) is 11.0. The van der Waals surface area contributed by atoms with Gasteiger partial charge < -0.3 is 19.6 Å². The normalized spacial score (nSPS) is 21.3. The number of aliphatic hydroxyl groups is 1. The van der Waals surface area contributed by atoms with Crippen LogP contribution in [0.2, 0.25) is 18.1 Å². The molecular formula is C27H39N5O4Si. The van der Waals surface area contributed by atoms with E-state index in [1.807, 2.05) is 22.8 Å². The Labute approximate surface area is 219 Å². The summed E-state index contributed by atoms with van der Waals surface area (Å²) in [5.41, 5.74) is 1.56. The number of rotatable bonds is 9. The summed E-state index contributed by atoms with van der Waals surface area (Å²) < 4.78 is 15.1. The molecule has 37 heavy (non-hydrogen) atoms. The number of carbonyl (C=O) groups is 1. The number of fused-ring (bicyclic) bond motifs is 1. The molecule has 0 bridgehead atoms. The van der Waals surface area contributed by atoms with Crippen molar-refractivity contribution in [2.75, 3.05) is 5.32 Å². The highest BCUT2D eigenvalue weighted by Gasteiger charge is 2.47. The topological polar surface area (TPSA) is 111 Å². The summed E-state index contributed by atoms with van der Waals surface area (Å²) in [5, 5.41) is 13.9. The molecule has 3 aromatic rings. The first-order valence-electron chi connectivity index (χ1n) is 13.1. The van der Waals surface area contributed by atoms with Gasteiger partial charge in [0.25, 0.3) is 5.91 Å². The number of aromatic nitrogens is 4. The van der Waals surface area contributed by atoms with E-state index in [1.54, 1.807) is 18.5 Å². The van der Waals surface area contributed by atoms with Gasteiger partial charge in [0.05, 0.1) is 18.5 Å². The molecule has 10 heteroatoms. The number of imidazole rings is 1. The van der Waals surface area contributed by atoms with Crippen molar-refractivity contribution in [3.05, 3.63) is 48.5 Å². The molecule has 4 rings (SSSR count). The van der Waals surface area contributed by atoms with E-state index in [0.29, 0.717) is 35.4 Å². The van der Waals surface area contributed by atoms with Crippen molar-refractivity contribution in [2.45, 2.75) is 96.1 Å². The highest BCUT2D eigenvalue weighted by atomic mass is 28.4. The van der Waals surface area contributed by atoms with Gasteiger partial charge in [0.2, 0.25) is 0 Å². The van der Waals surface area contributed by atoms with Crippen LogP contribution in [-0.2, 0) is 9.16 Å². The summed E-state index contributed by atoms with van der Waals surface area (Å²) >= 11 is 0. The summed E-state index contributed by atoms with van der Waals surface area (Å²) in [6.07, 6.45) is 4.51. The predicted octanol–water partition coefficient (Wildman–Crippen LogP) is 5.31. The molecule has 1 aliphatic rings. The van der Waals surface area contributed by atoms with Gasteiger partial charge in [0.15, 0.2) is 25.3 Å². The molecule has 1 aromatic carbocycles. The Bertz CT molecular complexity index is 1210. The average molecular weight is 526 g/mol. The number of amides is 1. The third-order valence-electron chi connectivity index (χ3n) is 7.54. The van der Waals surface area contributed by atoms with Crippen molar-refractivity contribution in [3.63, 3.8) is 0 Å². The highest BCUT2D eigenvalue weighted by molar-refractivity contribution is 6.74. The molecule has 1 unspecified atom stereocenters. The predicted molar refractivity (Wildman–Crippen MR) is 146 cm³/mol. The molecular weight excluding hydrogens is 486 g/mol. The van der Waals surface area contributed by atoms with Crippen molar-refractivity contribution in [2.24, 2.45) is 0 Å². The second-order valence-electron chi connectivity index (χ2n) is 11.3. The van der Waals surface area contributed by atoms with Gasteiger partial charge in [-0.2, -0.15) is 0 Å². The largest absolute Gasteiger partial charge is 0.411 e. The van der Waals surface area contributed by atoms with Crippen molar-refractivity contribution in [1.29, 1.82) is 0 Å². The van der Waals surface area contributed by atoms with Crippen molar-refractivity contribution >= 4 is 31.2 Å². The minimum absolute atomic E-state index is 0.0325. The van der Waals surface area contributed by atoms with E-state index < -0.39 is 26.8 Å². The lowest BCUT2D eigenvalue weighted by Crippen LogP contribution is -2.48. The van der Waals surface area contributed by atoms with Crippen LogP contribution in [0.3, 0.4) is 0 Å². The zero-order valence-corrected chi connectivity index (χ0v) is 23.6. The molecule has 2 N–H and O–H groups in total. The number of nitrogens with zero attached hydrogens (tertiary/aromatic N) is 4. The van der Waals surface area contributed by atoms with Crippen molar-refractivity contribution in [1.82, 2.24) is 19.5 Å². The quantitative estimate of drug-likeness (QED) is 0.364. The monoisotopic (exact) mass is 525 g/mol. The molecule has 2 aromatic heterocycles. The van der Waals surface area contributed by atoms with E-state index in [9.17, 15) is 9.90 Å². The van der Waals surface area contributed by atoms with Gasteiger partial charge in [-0.3, -0.25) is 9.36 Å². The smallest absolute Gasteiger partial charge is 0.256 e. The minimum Gasteiger partial charge on any atom is -0.411 e. The second-order valence-corrected chi connectivity index (χ2v) is 16.0. The highest BCUT2D eigenvalue weighted by Crippen LogP contribution is 2.42. The number of ether oxygens (including phenoxy) is 1. The maximum Gasteiger partial charge on any atom is 0.256 e. The molecule has 0 aliphatic carbocycles. The van der Waals surface area contributed by atoms with Crippen molar-refractivity contribution < 1.29 is 19.1 Å². The lowest BCUT2D eigenvalue weighted by Gasteiger charge is -2.39. The van der Waals surface area contributed by atoms with Crippen LogP contribution in [0.5, 0.6) is 0 Å². The SMILES string of the molecule is CCCCC(O)[C@H]1O[C@@H](n2cnc3c(NC(=O)c4ccccc4)ncnc32)C[C@@H]1O[Si](C)(C)C(C)(C)C. The van der Waals surface area contributed by atoms with Crippen molar-refractivity contribution in [3.8, 4) is 0 Å². The first-order valence-corrected chi connectivity index (χ1v) is 16.0. The fraction of sp³-hybridized carbons (Fsp3) is 0.556. The number of benzene rings is 1. The number of unbranched alkanes of at least 4 members (excludes halogenated alkanes) is 1. The van der Waals surface area contributed by atoms with E-state index in [1.165, 1.54) is 6.33 Å². The van der Waals surface area contributed by atoms with Crippen LogP contribution in [0.4, 0.5) is 5.82 Å². The first-order chi connectivity index (χ1) is 17.5. The lowest BCUT2D eigenvalue weighted by atomic mass is 10.0. The van der Waals surface area contributed by atoms with E-state index in [0.717, 1.165) is 12.8 Å². The molecule has 1 saturated heterocycles. The summed E-state index contributed by atoms with van der Waals surface area (Å²) in [4.78, 5) is 25.9. The average Bonchev–Trinajstić information content (AvgIpc) is 3.47. The van der Waals surface area contributed by atoms with Crippen LogP contribution in [0, 0.1) is 0 Å². The van der Waals surface area contributed by atoms with Gasteiger partial charge in [-0.1, -0.05) is 58.7 Å². The Morgan fingerprint density at radius 1 is 1.24 bits per heavy atom. The van der Waals surface area contributed by atoms with Gasteiger partial charge in [-0.15, -0.1) is 0 Å². The molecule has 4 atom stereocenters. The lowest BCUT2D eigenvalue weighted by molar-refractivity contribution is -0.0816. The van der Waals surface area contributed by atoms with Crippen LogP contribution in [0.25, 0.3) is 11.2 Å². The Hall–Kier alpha value is -2.66. The molecule has 0 spiro atoms. The van der Waals surface area contributed by atoms with Gasteiger partial charge in [-0.05, 0) is 36.7 Å². The maximum atomic E-state index is 12.7. The number of anilines is 1. The Balaban J connectivity index is 1.60. The summed E-state index contributed by atoms with van der Waals surface area (Å²) in [6, 6.07) is 8.96. The van der Waals surface area contributed by atoms with E-state index >= 15 is 0 Å². The molecule has 3 heterocycles. The first kappa shape index (κ1) is 27.4. The van der Waals surface area contributed by atoms with Gasteiger partial charge in [-0.25, -0.2) is 15.0 Å². The third-order valence-corrected chi connectivity index (χ3v) is 12.0. The van der Waals surface area contributed by atoms with Crippen LogP contribution in [0.1, 0.15) is 70.0 Å². The molecule has 200 valence electrons. The standard InChI is InChI=1S/C27H39N5O4Si/c1-7-8-14-19(33)23-20(36-37(5,6)27(2,3)4)15-21(35-23)32-17-30-22-24(28-16-29-25(22)32)31-26(34)18-12-10-9-11-13-18/h9-13,16-17,19-21,23,33H,7-8,14-15H2,1-6H3,(H,28,29,31,34)/t19?,20-,21+,23+/m0/s1. The molecule has 0 saturated carbocycles. The fourth-order valence-corrected chi connectivity index (χ4v) is 5.69. The number of aliphatic hydroxyl groups excluding tert-OH is 1. The fourth-order valence-electron chi connectivity index (χ4n) is 4.35. The van der Waals surface area contributed by atoms with E-state index in [-0.39, 0.29) is 17.0 Å². The van der Waals surface area contributed by atoms with Crippen LogP contribution >= 0.6 is 0 Å². The zero-order valence-electron chi connectivity index (χ0n) is 22.6. The Morgan fingerprint density at radius 2 is 1.97 bits per heavy atom. The molecule has 9 nitrogen and oxygen atoms in total. The number of hydrogen-bond acceptors (Lipinski definition) is 7. The summed E-state index contributed by atoms with van der Waals surface area (Å²) in [5.74, 6) is 0.0680. The number of nitrogens with one attached hydrogen (secondary N) is 1. The number of carbonyl (C=O) groups excluding carboxylic acids is 1. The Morgan fingerprint density at radius 3 is 2.65 bits per heavy atom. The zero-order chi connectivity index (χ0) is 26.8. The van der Waals surface area contributed by atoms with E-state index in [4.69, 9.17) is 9.16 Å². The molecule has 0 radical (unpaired) electrons.